The van der Waals surface area contributed by atoms with Gasteiger partial charge in [0.1, 0.15) is 10.7 Å². The highest BCUT2D eigenvalue weighted by atomic mass is 32.1. The monoisotopic (exact) mass is 339 g/mol. The standard InChI is InChI=1S/C19H21N3OS/c1-11-13(3)24-19-17(11)18(23)20-16(21-19)10-22-9-8-14-6-4-5-7-15(14)12(22)2/h4-7,12H,8-10H2,1-3H3,(H,20,21,23). The topological polar surface area (TPSA) is 49.0 Å². The molecule has 0 radical (unpaired) electrons. The van der Waals surface area contributed by atoms with E-state index in [-0.39, 0.29) is 5.56 Å². The molecule has 1 aromatic carbocycles. The number of rotatable bonds is 2. The Hall–Kier alpha value is -1.98. The van der Waals surface area contributed by atoms with Crippen molar-refractivity contribution in [2.75, 3.05) is 6.54 Å². The molecule has 5 heteroatoms. The van der Waals surface area contributed by atoms with Crippen molar-refractivity contribution in [2.45, 2.75) is 39.8 Å². The number of thiophene rings is 1. The van der Waals surface area contributed by atoms with E-state index in [2.05, 4.69) is 41.1 Å². The molecule has 1 unspecified atom stereocenters. The summed E-state index contributed by atoms with van der Waals surface area (Å²) in [6, 6.07) is 8.96. The van der Waals surface area contributed by atoms with E-state index in [1.54, 1.807) is 11.3 Å². The van der Waals surface area contributed by atoms with Gasteiger partial charge in [0.2, 0.25) is 0 Å². The Balaban J connectivity index is 1.67. The van der Waals surface area contributed by atoms with E-state index in [0.717, 1.165) is 34.6 Å². The van der Waals surface area contributed by atoms with Crippen LogP contribution in [0.25, 0.3) is 10.2 Å². The summed E-state index contributed by atoms with van der Waals surface area (Å²) in [6.45, 7) is 7.94. The van der Waals surface area contributed by atoms with E-state index in [1.807, 2.05) is 13.8 Å². The van der Waals surface area contributed by atoms with Crippen molar-refractivity contribution >= 4 is 21.6 Å². The summed E-state index contributed by atoms with van der Waals surface area (Å²) in [4.78, 5) is 24.6. The molecule has 2 aromatic heterocycles. The van der Waals surface area contributed by atoms with Gasteiger partial charge in [-0.15, -0.1) is 11.3 Å². The van der Waals surface area contributed by atoms with Gasteiger partial charge in [0, 0.05) is 17.5 Å². The summed E-state index contributed by atoms with van der Waals surface area (Å²) in [5.41, 5.74) is 3.86. The van der Waals surface area contributed by atoms with Gasteiger partial charge in [-0.3, -0.25) is 9.69 Å². The van der Waals surface area contributed by atoms with Gasteiger partial charge in [-0.2, -0.15) is 0 Å². The van der Waals surface area contributed by atoms with Crippen molar-refractivity contribution in [3.8, 4) is 0 Å². The number of hydrogen-bond acceptors (Lipinski definition) is 4. The fourth-order valence-corrected chi connectivity index (χ4v) is 4.66. The number of hydrogen-bond donors (Lipinski definition) is 1. The normalized spacial score (nSPS) is 18.0. The molecule has 1 aliphatic rings. The largest absolute Gasteiger partial charge is 0.309 e. The number of H-pyrrole nitrogens is 1. The van der Waals surface area contributed by atoms with Gasteiger partial charge in [0.15, 0.2) is 0 Å². The first-order valence-corrected chi connectivity index (χ1v) is 9.17. The molecule has 0 fully saturated rings. The van der Waals surface area contributed by atoms with Crippen LogP contribution in [0.5, 0.6) is 0 Å². The molecule has 3 heterocycles. The van der Waals surface area contributed by atoms with Gasteiger partial charge in [-0.25, -0.2) is 4.98 Å². The second kappa shape index (κ2) is 5.83. The molecule has 0 spiro atoms. The van der Waals surface area contributed by atoms with Crippen LogP contribution in [-0.4, -0.2) is 21.4 Å². The van der Waals surface area contributed by atoms with Crippen molar-refractivity contribution in [3.05, 3.63) is 62.0 Å². The van der Waals surface area contributed by atoms with Crippen LogP contribution in [0.2, 0.25) is 0 Å². The molecule has 4 rings (SSSR count). The van der Waals surface area contributed by atoms with Crippen LogP contribution in [0.15, 0.2) is 29.1 Å². The number of nitrogens with zero attached hydrogens (tertiary/aromatic N) is 2. The molecule has 0 saturated heterocycles. The highest BCUT2D eigenvalue weighted by Gasteiger charge is 2.24. The third kappa shape index (κ3) is 2.48. The summed E-state index contributed by atoms with van der Waals surface area (Å²) in [5.74, 6) is 0.764. The zero-order chi connectivity index (χ0) is 16.8. The molecular weight excluding hydrogens is 318 g/mol. The van der Waals surface area contributed by atoms with Crippen LogP contribution in [-0.2, 0) is 13.0 Å². The Morgan fingerprint density at radius 1 is 1.33 bits per heavy atom. The van der Waals surface area contributed by atoms with Gasteiger partial charge in [-0.1, -0.05) is 24.3 Å². The molecule has 0 amide bonds. The zero-order valence-corrected chi connectivity index (χ0v) is 15.0. The lowest BCUT2D eigenvalue weighted by molar-refractivity contribution is 0.185. The lowest BCUT2D eigenvalue weighted by Crippen LogP contribution is -2.34. The average Bonchev–Trinajstić information content (AvgIpc) is 2.85. The number of aromatic amines is 1. The molecule has 0 aliphatic carbocycles. The molecule has 1 aliphatic heterocycles. The molecular formula is C19H21N3OS. The molecule has 1 atom stereocenters. The predicted octanol–water partition coefficient (Wildman–Crippen LogP) is 3.72. The first-order chi connectivity index (χ1) is 11.5. The minimum absolute atomic E-state index is 0.0121. The van der Waals surface area contributed by atoms with Crippen molar-refractivity contribution < 1.29 is 0 Å². The first-order valence-electron chi connectivity index (χ1n) is 8.35. The van der Waals surface area contributed by atoms with Crippen molar-refractivity contribution in [3.63, 3.8) is 0 Å². The van der Waals surface area contributed by atoms with Crippen LogP contribution in [0, 0.1) is 13.8 Å². The Kier molecular flexibility index (Phi) is 3.77. The fraction of sp³-hybridized carbons (Fsp3) is 0.368. The molecule has 0 saturated carbocycles. The van der Waals surface area contributed by atoms with E-state index in [9.17, 15) is 4.79 Å². The lowest BCUT2D eigenvalue weighted by atomic mass is 9.94. The maximum Gasteiger partial charge on any atom is 0.259 e. The first kappa shape index (κ1) is 15.5. The van der Waals surface area contributed by atoms with Gasteiger partial charge >= 0.3 is 0 Å². The maximum absolute atomic E-state index is 12.4. The third-order valence-corrected chi connectivity index (χ3v) is 6.26. The van der Waals surface area contributed by atoms with Crippen molar-refractivity contribution in [1.82, 2.24) is 14.9 Å². The fourth-order valence-electron chi connectivity index (χ4n) is 3.61. The Morgan fingerprint density at radius 3 is 2.96 bits per heavy atom. The van der Waals surface area contributed by atoms with Crippen LogP contribution < -0.4 is 5.56 Å². The highest BCUT2D eigenvalue weighted by Crippen LogP contribution is 2.30. The SMILES string of the molecule is Cc1sc2nc(CN3CCc4ccccc4C3C)[nH]c(=O)c2c1C. The zero-order valence-electron chi connectivity index (χ0n) is 14.2. The minimum Gasteiger partial charge on any atom is -0.309 e. The van der Waals surface area contributed by atoms with Crippen LogP contribution >= 0.6 is 11.3 Å². The van der Waals surface area contributed by atoms with Gasteiger partial charge in [-0.05, 0) is 43.9 Å². The summed E-state index contributed by atoms with van der Waals surface area (Å²) in [5, 5.41) is 0.748. The van der Waals surface area contributed by atoms with Crippen LogP contribution in [0.1, 0.15) is 40.4 Å². The van der Waals surface area contributed by atoms with Crippen molar-refractivity contribution in [1.29, 1.82) is 0 Å². The number of benzene rings is 1. The average molecular weight is 339 g/mol. The van der Waals surface area contributed by atoms with E-state index in [1.165, 1.54) is 16.0 Å². The van der Waals surface area contributed by atoms with E-state index < -0.39 is 0 Å². The summed E-state index contributed by atoms with van der Waals surface area (Å²) in [7, 11) is 0. The Morgan fingerprint density at radius 2 is 2.12 bits per heavy atom. The van der Waals surface area contributed by atoms with Crippen molar-refractivity contribution in [2.24, 2.45) is 0 Å². The molecule has 3 aromatic rings. The van der Waals surface area contributed by atoms with Gasteiger partial charge < -0.3 is 4.98 Å². The molecule has 24 heavy (non-hydrogen) atoms. The molecule has 1 N–H and O–H groups in total. The Bertz CT molecular complexity index is 972. The smallest absolute Gasteiger partial charge is 0.259 e. The summed E-state index contributed by atoms with van der Waals surface area (Å²) in [6.07, 6.45) is 1.05. The second-order valence-corrected chi connectivity index (χ2v) is 7.77. The number of fused-ring (bicyclic) bond motifs is 2. The molecule has 4 nitrogen and oxygen atoms in total. The Labute approximate surface area is 145 Å². The third-order valence-electron chi connectivity index (χ3n) is 5.16. The highest BCUT2D eigenvalue weighted by molar-refractivity contribution is 7.18. The number of aromatic nitrogens is 2. The lowest BCUT2D eigenvalue weighted by Gasteiger charge is -2.34. The van der Waals surface area contributed by atoms with Gasteiger partial charge in [0.25, 0.3) is 5.56 Å². The van der Waals surface area contributed by atoms with E-state index in [4.69, 9.17) is 4.98 Å². The number of aryl methyl sites for hydroxylation is 2. The van der Waals surface area contributed by atoms with Gasteiger partial charge in [0.05, 0.1) is 11.9 Å². The summed E-state index contributed by atoms with van der Waals surface area (Å²) >= 11 is 1.61. The van der Waals surface area contributed by atoms with E-state index >= 15 is 0 Å². The summed E-state index contributed by atoms with van der Waals surface area (Å²) < 4.78 is 0. The quantitative estimate of drug-likeness (QED) is 0.774. The molecule has 0 bridgehead atoms. The molecule has 124 valence electrons. The second-order valence-electron chi connectivity index (χ2n) is 6.57. The van der Waals surface area contributed by atoms with E-state index in [0.29, 0.717) is 12.6 Å². The number of nitrogens with one attached hydrogen (secondary N) is 1. The maximum atomic E-state index is 12.4. The minimum atomic E-state index is -0.0121. The predicted molar refractivity (Wildman–Crippen MR) is 98.7 cm³/mol. The van der Waals surface area contributed by atoms with Crippen LogP contribution in [0.4, 0.5) is 0 Å². The van der Waals surface area contributed by atoms with Crippen LogP contribution in [0.3, 0.4) is 0 Å².